The van der Waals surface area contributed by atoms with E-state index < -0.39 is 5.97 Å². The second-order valence-corrected chi connectivity index (χ2v) is 26.3. The van der Waals surface area contributed by atoms with Gasteiger partial charge in [0.2, 0.25) is 5.90 Å². The molecule has 9 atom stereocenters. The second-order valence-electron chi connectivity index (χ2n) is 26.3. The molecule has 0 spiro atoms. The Labute approximate surface area is 495 Å². The predicted molar refractivity (Wildman–Crippen MR) is 336 cm³/mol. The van der Waals surface area contributed by atoms with Crippen LogP contribution in [0.15, 0.2) is 96.0 Å². The highest BCUT2D eigenvalue weighted by molar-refractivity contribution is 6.18. The lowest BCUT2D eigenvalue weighted by atomic mass is 9.66. The summed E-state index contributed by atoms with van der Waals surface area (Å²) >= 11 is 0. The van der Waals surface area contributed by atoms with Crippen molar-refractivity contribution in [3.8, 4) is 0 Å². The van der Waals surface area contributed by atoms with E-state index in [2.05, 4.69) is 136 Å². The molecule has 0 radical (unpaired) electrons. The zero-order valence-electron chi connectivity index (χ0n) is 50.5. The number of aromatic nitrogens is 3. The zero-order valence-corrected chi connectivity index (χ0v) is 50.5. The number of Topliss-reactive ketones (excluding diaryl/α,β-unsaturated/α-hetero) is 1. The number of carbonyl (C=O) groups excluding carboxylic acids is 1. The molecule has 14 nitrogen and oxygen atoms in total. The summed E-state index contributed by atoms with van der Waals surface area (Å²) in [5.41, 5.74) is 19.8. The van der Waals surface area contributed by atoms with Crippen molar-refractivity contribution in [2.24, 2.45) is 32.9 Å². The van der Waals surface area contributed by atoms with Crippen LogP contribution in [0.25, 0.3) is 49.8 Å². The van der Waals surface area contributed by atoms with E-state index in [4.69, 9.17) is 20.6 Å². The first kappa shape index (κ1) is 57.0. The minimum absolute atomic E-state index is 0.00999. The first-order valence-electron chi connectivity index (χ1n) is 32.0. The Kier molecular flexibility index (Phi) is 15.1. The van der Waals surface area contributed by atoms with Crippen LogP contribution in [0, 0.1) is 22.2 Å². The summed E-state index contributed by atoms with van der Waals surface area (Å²) in [7, 11) is 0. The third-order valence-electron chi connectivity index (χ3n) is 21.4. The largest absolute Gasteiger partial charge is 0.477 e. The van der Waals surface area contributed by atoms with Crippen LogP contribution in [-0.4, -0.2) is 133 Å². The topological polar surface area (TPSA) is 167 Å². The molecule has 0 amide bonds. The number of benzene rings is 3. The molecule has 5 N–H and O–H groups in total. The number of nitrogens with zero attached hydrogens (tertiary/aromatic N) is 7. The van der Waals surface area contributed by atoms with Gasteiger partial charge in [0, 0.05) is 88.2 Å². The molecule has 3 fully saturated rings. The number of hydrogen-bond donors (Lipinski definition) is 4. The molecule has 3 aromatic carbocycles. The molecule has 0 unspecified atom stereocenters. The number of aliphatic hydroxyl groups is 2. The summed E-state index contributed by atoms with van der Waals surface area (Å²) < 4.78 is 12.9. The van der Waals surface area contributed by atoms with Crippen LogP contribution in [0.2, 0.25) is 0 Å². The summed E-state index contributed by atoms with van der Waals surface area (Å²) in [6.07, 6.45) is 20.9. The van der Waals surface area contributed by atoms with Crippen LogP contribution in [0.4, 0.5) is 0 Å². The maximum Gasteiger partial charge on any atom is 0.352 e. The Morgan fingerprint density at radius 3 is 1.42 bits per heavy atom. The van der Waals surface area contributed by atoms with Gasteiger partial charge in [0.1, 0.15) is 18.0 Å². The van der Waals surface area contributed by atoms with Gasteiger partial charge in [-0.2, -0.15) is 0 Å². The number of hydrogen-bond acceptors (Lipinski definition) is 10. The predicted octanol–water partition coefficient (Wildman–Crippen LogP) is 11.6. The van der Waals surface area contributed by atoms with Gasteiger partial charge in [-0.1, -0.05) is 82.3 Å². The van der Waals surface area contributed by atoms with Crippen molar-refractivity contribution in [2.45, 2.75) is 155 Å². The van der Waals surface area contributed by atoms with Gasteiger partial charge in [-0.25, -0.2) is 9.79 Å². The number of allylic oxidation sites excluding steroid dienone is 1. The standard InChI is InChI=1S/C24H30N2O2.C23H27N3O.C20H22N2O2.C3H9NO/c1-3-24-10-6-11-25-12-9-18-17-7-4-5-8-19(17)26(22(18)23(24)25)20(14-24)21(28)13-16(2)15-27;1-3-23-10-6-11-25-12-9-17-16-7-4-5-8-18(16)26(20(17)21(23)25)19(13-23)22-24-15(2)14-27-22;1-2-20-9-5-10-21-11-8-14-13-6-3-4-7-15(13)22(17(14)18(20)21)16(12-20)19(23)24;1-3(4)2-5/h4-5,7-8,14,16,23,27H,3,6,9-13,15H2,1-2H3;4-5,7-8,13,15,21H,3,6,9-12,14H2,1-2H3;3-4,6-7,12,18H,2,5,8-11H2,1H3,(H,23,24);3,5H,2,4H2,1H3/t16-,23-,24+;15-,21+,23-;18-,20+;3-/m1010/s1. The van der Waals surface area contributed by atoms with E-state index in [1.807, 2.05) is 17.6 Å². The van der Waals surface area contributed by atoms with Crippen molar-refractivity contribution in [2.75, 3.05) is 59.1 Å². The number of aliphatic carboxylic acids is 1. The average Bonchev–Trinajstić information content (AvgIpc) is 1.61. The molecule has 13 heterocycles. The van der Waals surface area contributed by atoms with Crippen molar-refractivity contribution in [1.29, 1.82) is 0 Å². The Bertz CT molecular complexity index is 3690. The molecule has 10 aliphatic heterocycles. The van der Waals surface area contributed by atoms with Crippen LogP contribution in [0.1, 0.15) is 158 Å². The van der Waals surface area contributed by atoms with Crippen LogP contribution in [0.3, 0.4) is 0 Å². The van der Waals surface area contributed by atoms with Crippen LogP contribution in [-0.2, 0) is 33.6 Å². The number of carbonyl (C=O) groups is 2. The highest BCUT2D eigenvalue weighted by Gasteiger charge is 2.54. The van der Waals surface area contributed by atoms with Gasteiger partial charge >= 0.3 is 5.97 Å². The lowest BCUT2D eigenvalue weighted by Crippen LogP contribution is -2.51. The fourth-order valence-electron chi connectivity index (χ4n) is 17.5. The molecule has 6 aromatic rings. The fraction of sp³-hybridized carbons (Fsp3) is 0.529. The zero-order chi connectivity index (χ0) is 58.4. The molecule has 444 valence electrons. The highest BCUT2D eigenvalue weighted by atomic mass is 16.5. The number of aliphatic hydroxyl groups excluding tert-OH is 2. The number of carboxylic acids is 1. The number of fused-ring (bicyclic) bond motifs is 9. The molecule has 84 heavy (non-hydrogen) atoms. The third kappa shape index (κ3) is 8.96. The molecule has 14 heteroatoms. The molecular weight excluding hydrogens is 1050 g/mol. The van der Waals surface area contributed by atoms with Gasteiger partial charge in [0.25, 0.3) is 0 Å². The smallest absolute Gasteiger partial charge is 0.352 e. The number of para-hydroxylation sites is 3. The molecular formula is C70H88N8O6. The Morgan fingerprint density at radius 2 is 1.01 bits per heavy atom. The van der Waals surface area contributed by atoms with Gasteiger partial charge in [0.05, 0.1) is 53.0 Å². The molecule has 16 rings (SSSR count). The summed E-state index contributed by atoms with van der Waals surface area (Å²) in [6, 6.07) is 27.2. The van der Waals surface area contributed by atoms with E-state index in [-0.39, 0.29) is 53.2 Å². The SMILES string of the molecule is CC[C@@]12C=C(C(=O)C[C@@H](C)CO)n3c4c(c5ccccc53)CCN(CCC1)[C@H]42.CC[C@@]12C=C(C(=O)O)n3c4c(c5ccccc53)CCN(CCC1)[C@H]42.CC[C@@]12C=C(C3=N[C@@H](C)CO3)n3c4c(c5ccccc53)CCN(CCC1)[C@H]42.C[C@H](N)CO. The third-order valence-corrected chi connectivity index (χ3v) is 21.4. The fourth-order valence-corrected chi connectivity index (χ4v) is 17.5. The van der Waals surface area contributed by atoms with Crippen molar-refractivity contribution in [3.05, 3.63) is 125 Å². The van der Waals surface area contributed by atoms with Gasteiger partial charge in [-0.05, 0) is 170 Å². The quantitative estimate of drug-likeness (QED) is 0.104. The Morgan fingerprint density at radius 1 is 0.607 bits per heavy atom. The van der Waals surface area contributed by atoms with E-state index in [1.165, 1.54) is 99.9 Å². The lowest BCUT2D eigenvalue weighted by molar-refractivity contribution is -0.131. The van der Waals surface area contributed by atoms with Crippen molar-refractivity contribution in [3.63, 3.8) is 0 Å². The summed E-state index contributed by atoms with van der Waals surface area (Å²) in [5, 5.41) is 31.4. The van der Waals surface area contributed by atoms with E-state index in [0.29, 0.717) is 36.9 Å². The van der Waals surface area contributed by atoms with Crippen LogP contribution in [0.5, 0.6) is 0 Å². The summed E-state index contributed by atoms with van der Waals surface area (Å²) in [6.45, 7) is 20.4. The second kappa shape index (κ2) is 22.3. The lowest BCUT2D eigenvalue weighted by Gasteiger charge is -2.53. The maximum absolute atomic E-state index is 13.4. The summed E-state index contributed by atoms with van der Waals surface area (Å²) in [4.78, 5) is 38.4. The maximum atomic E-state index is 13.4. The molecule has 0 aliphatic carbocycles. The van der Waals surface area contributed by atoms with E-state index in [9.17, 15) is 19.8 Å². The number of ketones is 1. The van der Waals surface area contributed by atoms with Crippen LogP contribution >= 0.6 is 0 Å². The monoisotopic (exact) mass is 1140 g/mol. The molecule has 0 saturated carbocycles. The minimum Gasteiger partial charge on any atom is -0.477 e. The van der Waals surface area contributed by atoms with Crippen molar-refractivity contribution in [1.82, 2.24) is 28.4 Å². The van der Waals surface area contributed by atoms with Gasteiger partial charge in [-0.3, -0.25) is 19.5 Å². The van der Waals surface area contributed by atoms with Crippen LogP contribution < -0.4 is 5.73 Å². The normalized spacial score (nSPS) is 28.5. The molecule has 10 aliphatic rings. The number of rotatable bonds is 10. The molecule has 3 aromatic heterocycles. The molecule has 0 bridgehead atoms. The van der Waals surface area contributed by atoms with E-state index >= 15 is 0 Å². The first-order chi connectivity index (χ1) is 40.7. The Hall–Kier alpha value is -6.13. The van der Waals surface area contributed by atoms with Gasteiger partial charge < -0.3 is 39.5 Å². The summed E-state index contributed by atoms with van der Waals surface area (Å²) in [5.74, 6) is 0.191. The Balaban J connectivity index is 0.000000113. The number of ether oxygens (including phenoxy) is 1. The van der Waals surface area contributed by atoms with E-state index in [0.717, 1.165) is 94.7 Å². The minimum atomic E-state index is -0.812. The molecule has 3 saturated heterocycles. The van der Waals surface area contributed by atoms with Gasteiger partial charge in [-0.15, -0.1) is 0 Å². The highest BCUT2D eigenvalue weighted by Crippen LogP contribution is 2.60. The average molecular weight is 1140 g/mol. The first-order valence-corrected chi connectivity index (χ1v) is 32.0. The number of aliphatic imine (C=N–C) groups is 1. The van der Waals surface area contributed by atoms with Gasteiger partial charge in [0.15, 0.2) is 5.78 Å². The van der Waals surface area contributed by atoms with Crippen molar-refractivity contribution < 1.29 is 29.6 Å². The number of nitrogens with two attached hydrogens (primary N) is 1. The van der Waals surface area contributed by atoms with Crippen molar-refractivity contribution >= 4 is 67.5 Å². The number of piperidine rings is 3. The number of carboxylic acid groups (broad SMARTS) is 1. The van der Waals surface area contributed by atoms with E-state index in [1.54, 1.807) is 12.5 Å².